The van der Waals surface area contributed by atoms with E-state index < -0.39 is 5.41 Å². The Morgan fingerprint density at radius 2 is 1.80 bits per heavy atom. The van der Waals surface area contributed by atoms with E-state index >= 15 is 0 Å². The van der Waals surface area contributed by atoms with Gasteiger partial charge in [-0.3, -0.25) is 9.79 Å². The number of nitrogens with zero attached hydrogens (tertiary/aromatic N) is 3. The van der Waals surface area contributed by atoms with E-state index in [4.69, 9.17) is 0 Å². The SMILES string of the molecule is CN=C(NCC(C)(C)C(=O)NC)N1CCN(c2ccc(F)cc2)CC1. The molecule has 1 fully saturated rings. The molecule has 0 saturated carbocycles. The maximum Gasteiger partial charge on any atom is 0.227 e. The minimum Gasteiger partial charge on any atom is -0.368 e. The van der Waals surface area contributed by atoms with Crippen LogP contribution in [0.1, 0.15) is 13.8 Å². The molecule has 1 aliphatic rings. The van der Waals surface area contributed by atoms with Gasteiger partial charge in [0.2, 0.25) is 5.91 Å². The van der Waals surface area contributed by atoms with Crippen LogP contribution >= 0.6 is 0 Å². The first kappa shape index (κ1) is 19.0. The van der Waals surface area contributed by atoms with E-state index in [0.717, 1.165) is 37.8 Å². The fraction of sp³-hybridized carbons (Fsp3) is 0.556. The van der Waals surface area contributed by atoms with Crippen molar-refractivity contribution < 1.29 is 9.18 Å². The van der Waals surface area contributed by atoms with Crippen LogP contribution in [0.4, 0.5) is 10.1 Å². The van der Waals surface area contributed by atoms with Crippen LogP contribution in [0.3, 0.4) is 0 Å². The number of hydrogen-bond acceptors (Lipinski definition) is 3. The van der Waals surface area contributed by atoms with Gasteiger partial charge in [-0.25, -0.2) is 4.39 Å². The van der Waals surface area contributed by atoms with Crippen LogP contribution in [0.2, 0.25) is 0 Å². The maximum absolute atomic E-state index is 13.1. The van der Waals surface area contributed by atoms with Crippen LogP contribution in [-0.4, -0.2) is 63.6 Å². The standard InChI is InChI=1S/C18H28FN5O/c1-18(2,16(25)20-3)13-22-17(21-4)24-11-9-23(10-12-24)15-7-5-14(19)6-8-15/h5-8H,9-13H2,1-4H3,(H,20,25)(H,21,22). The first-order valence-electron chi connectivity index (χ1n) is 8.55. The lowest BCUT2D eigenvalue weighted by atomic mass is 9.92. The summed E-state index contributed by atoms with van der Waals surface area (Å²) in [6.45, 7) is 7.62. The molecule has 0 aromatic heterocycles. The molecule has 25 heavy (non-hydrogen) atoms. The lowest BCUT2D eigenvalue weighted by Crippen LogP contribution is -2.54. The molecule has 0 aliphatic carbocycles. The number of hydrogen-bond donors (Lipinski definition) is 2. The predicted molar refractivity (Wildman–Crippen MR) is 99.4 cm³/mol. The number of amides is 1. The van der Waals surface area contributed by atoms with E-state index in [1.54, 1.807) is 14.1 Å². The molecular weight excluding hydrogens is 321 g/mol. The number of piperazine rings is 1. The van der Waals surface area contributed by atoms with Gasteiger partial charge in [0.05, 0.1) is 5.41 Å². The highest BCUT2D eigenvalue weighted by Gasteiger charge is 2.28. The number of aliphatic imine (C=N–C) groups is 1. The van der Waals surface area contributed by atoms with Crippen molar-refractivity contribution in [3.63, 3.8) is 0 Å². The molecule has 1 heterocycles. The van der Waals surface area contributed by atoms with Gasteiger partial charge in [-0.2, -0.15) is 0 Å². The van der Waals surface area contributed by atoms with Crippen LogP contribution in [-0.2, 0) is 4.79 Å². The van der Waals surface area contributed by atoms with E-state index in [-0.39, 0.29) is 11.7 Å². The molecule has 7 heteroatoms. The molecule has 2 rings (SSSR count). The molecule has 0 spiro atoms. The number of rotatable bonds is 4. The molecule has 0 atom stereocenters. The zero-order chi connectivity index (χ0) is 18.4. The van der Waals surface area contributed by atoms with Crippen LogP contribution in [0.25, 0.3) is 0 Å². The van der Waals surface area contributed by atoms with Gasteiger partial charge in [0, 0.05) is 52.5 Å². The molecule has 0 bridgehead atoms. The number of guanidine groups is 1. The summed E-state index contributed by atoms with van der Waals surface area (Å²) in [4.78, 5) is 20.7. The van der Waals surface area contributed by atoms with E-state index in [0.29, 0.717) is 6.54 Å². The number of benzene rings is 1. The van der Waals surface area contributed by atoms with Gasteiger partial charge in [0.1, 0.15) is 5.82 Å². The Morgan fingerprint density at radius 3 is 2.32 bits per heavy atom. The zero-order valence-electron chi connectivity index (χ0n) is 15.5. The largest absolute Gasteiger partial charge is 0.368 e. The van der Waals surface area contributed by atoms with Crippen LogP contribution < -0.4 is 15.5 Å². The van der Waals surface area contributed by atoms with Crippen LogP contribution in [0.5, 0.6) is 0 Å². The Labute approximate surface area is 149 Å². The molecule has 1 aromatic carbocycles. The normalized spacial score (nSPS) is 16.0. The monoisotopic (exact) mass is 349 g/mol. The molecule has 0 unspecified atom stereocenters. The molecule has 0 radical (unpaired) electrons. The second-order valence-electron chi connectivity index (χ2n) is 6.81. The van der Waals surface area contributed by atoms with Crippen molar-refractivity contribution in [2.24, 2.45) is 10.4 Å². The lowest BCUT2D eigenvalue weighted by Gasteiger charge is -2.38. The Kier molecular flexibility index (Phi) is 6.22. The van der Waals surface area contributed by atoms with Gasteiger partial charge in [0.15, 0.2) is 5.96 Å². The maximum atomic E-state index is 13.1. The number of anilines is 1. The molecule has 1 aromatic rings. The molecule has 6 nitrogen and oxygen atoms in total. The van der Waals surface area contributed by atoms with E-state index in [2.05, 4.69) is 25.4 Å². The lowest BCUT2D eigenvalue weighted by molar-refractivity contribution is -0.128. The van der Waals surface area contributed by atoms with Gasteiger partial charge >= 0.3 is 0 Å². The van der Waals surface area contributed by atoms with Crippen molar-refractivity contribution >= 4 is 17.6 Å². The van der Waals surface area contributed by atoms with Crippen molar-refractivity contribution in [2.45, 2.75) is 13.8 Å². The van der Waals surface area contributed by atoms with Gasteiger partial charge in [-0.1, -0.05) is 0 Å². The minimum absolute atomic E-state index is 0.00316. The smallest absolute Gasteiger partial charge is 0.227 e. The summed E-state index contributed by atoms with van der Waals surface area (Å²) in [6, 6.07) is 6.60. The van der Waals surface area contributed by atoms with Gasteiger partial charge in [0.25, 0.3) is 0 Å². The summed E-state index contributed by atoms with van der Waals surface area (Å²) in [7, 11) is 3.40. The highest BCUT2D eigenvalue weighted by atomic mass is 19.1. The Morgan fingerprint density at radius 1 is 1.20 bits per heavy atom. The van der Waals surface area contributed by atoms with Crippen molar-refractivity contribution in [2.75, 3.05) is 51.7 Å². The summed E-state index contributed by atoms with van der Waals surface area (Å²) < 4.78 is 13.1. The molecular formula is C18H28FN5O. The number of carbonyl (C=O) groups excluding carboxylic acids is 1. The van der Waals surface area contributed by atoms with E-state index in [9.17, 15) is 9.18 Å². The van der Waals surface area contributed by atoms with E-state index in [1.165, 1.54) is 12.1 Å². The van der Waals surface area contributed by atoms with Gasteiger partial charge < -0.3 is 20.4 Å². The number of nitrogens with one attached hydrogen (secondary N) is 2. The van der Waals surface area contributed by atoms with Gasteiger partial charge in [-0.05, 0) is 38.1 Å². The van der Waals surface area contributed by atoms with Gasteiger partial charge in [-0.15, -0.1) is 0 Å². The van der Waals surface area contributed by atoms with Crippen molar-refractivity contribution in [3.05, 3.63) is 30.1 Å². The number of carbonyl (C=O) groups is 1. The summed E-state index contributed by atoms with van der Waals surface area (Å²) in [5, 5.41) is 5.99. The highest BCUT2D eigenvalue weighted by Crippen LogP contribution is 2.17. The third-order valence-corrected chi connectivity index (χ3v) is 4.51. The Balaban J connectivity index is 1.89. The average Bonchev–Trinajstić information content (AvgIpc) is 2.62. The predicted octanol–water partition coefficient (Wildman–Crippen LogP) is 1.30. The molecule has 2 N–H and O–H groups in total. The van der Waals surface area contributed by atoms with Crippen LogP contribution in [0.15, 0.2) is 29.3 Å². The van der Waals surface area contributed by atoms with Crippen molar-refractivity contribution in [3.8, 4) is 0 Å². The van der Waals surface area contributed by atoms with Crippen molar-refractivity contribution in [1.82, 2.24) is 15.5 Å². The van der Waals surface area contributed by atoms with E-state index in [1.807, 2.05) is 26.0 Å². The molecule has 1 amide bonds. The first-order valence-corrected chi connectivity index (χ1v) is 8.55. The summed E-state index contributed by atoms with van der Waals surface area (Å²) >= 11 is 0. The zero-order valence-corrected chi connectivity index (χ0v) is 15.5. The second kappa shape index (κ2) is 8.18. The second-order valence-corrected chi connectivity index (χ2v) is 6.81. The van der Waals surface area contributed by atoms with Crippen molar-refractivity contribution in [1.29, 1.82) is 0 Å². The third kappa shape index (κ3) is 4.84. The topological polar surface area (TPSA) is 60.0 Å². The molecule has 1 saturated heterocycles. The Bertz CT molecular complexity index is 606. The average molecular weight is 349 g/mol. The summed E-state index contributed by atoms with van der Waals surface area (Å²) in [5.41, 5.74) is 0.519. The first-order chi connectivity index (χ1) is 11.9. The summed E-state index contributed by atoms with van der Waals surface area (Å²) in [5.74, 6) is 0.582. The quantitative estimate of drug-likeness (QED) is 0.635. The summed E-state index contributed by atoms with van der Waals surface area (Å²) in [6.07, 6.45) is 0. The fourth-order valence-corrected chi connectivity index (χ4v) is 2.88. The Hall–Kier alpha value is -2.31. The fourth-order valence-electron chi connectivity index (χ4n) is 2.88. The molecule has 138 valence electrons. The van der Waals surface area contributed by atoms with Crippen LogP contribution in [0, 0.1) is 11.2 Å². The minimum atomic E-state index is -0.513. The third-order valence-electron chi connectivity index (χ3n) is 4.51. The number of halogens is 1. The highest BCUT2D eigenvalue weighted by molar-refractivity contribution is 5.84. The molecule has 1 aliphatic heterocycles.